The van der Waals surface area contributed by atoms with Crippen molar-refractivity contribution in [3.05, 3.63) is 34.4 Å². The lowest BCUT2D eigenvalue weighted by molar-refractivity contribution is 1.21. The maximum absolute atomic E-state index is 3.46. The molecule has 0 aromatic heterocycles. The van der Waals surface area contributed by atoms with E-state index in [1.165, 1.54) is 10.1 Å². The molecule has 0 heterocycles. The molecule has 0 saturated carbocycles. The Labute approximate surface area is 64.1 Å². The highest BCUT2D eigenvalue weighted by Gasteiger charge is 1.93. The predicted octanol–water partition coefficient (Wildman–Crippen LogP) is 3.17. The molecule has 0 nitrogen and oxygen atoms in total. The third-order valence-corrected chi connectivity index (χ3v) is 2.26. The third-order valence-electron chi connectivity index (χ3n) is 1.32. The smallest absolute Gasteiger partial charge is 0.0167 e. The van der Waals surface area contributed by atoms with E-state index in [4.69, 9.17) is 0 Å². The van der Waals surface area contributed by atoms with Crippen LogP contribution < -0.4 is 0 Å². The van der Waals surface area contributed by atoms with Crippen LogP contribution >= 0.6 is 15.9 Å². The Morgan fingerprint density at radius 3 is 3.00 bits per heavy atom. The summed E-state index contributed by atoms with van der Waals surface area (Å²) in [5.74, 6) is 0. The number of hydrogen-bond donors (Lipinski definition) is 0. The molecule has 0 bridgehead atoms. The van der Waals surface area contributed by atoms with Crippen molar-refractivity contribution in [2.75, 3.05) is 0 Å². The summed E-state index contributed by atoms with van der Waals surface area (Å²) < 4.78 is 1.22. The van der Waals surface area contributed by atoms with Gasteiger partial charge in [0.05, 0.1) is 0 Å². The Balaban J connectivity index is 2.85. The third kappa shape index (κ3) is 1.83. The maximum Gasteiger partial charge on any atom is 0.0167 e. The molecule has 9 heavy (non-hydrogen) atoms. The highest BCUT2D eigenvalue weighted by atomic mass is 79.9. The molecule has 0 aromatic carbocycles. The number of rotatable bonds is 0. The topological polar surface area (TPSA) is 0 Å². The molecule has 48 valence electrons. The van der Waals surface area contributed by atoms with Crippen LogP contribution in [-0.2, 0) is 0 Å². The first kappa shape index (κ1) is 6.81. The second-order valence-corrected chi connectivity index (χ2v) is 2.97. The molecule has 0 fully saturated rings. The van der Waals surface area contributed by atoms with Crippen LogP contribution in [0.15, 0.2) is 34.4 Å². The molecule has 0 atom stereocenters. The van der Waals surface area contributed by atoms with E-state index < -0.39 is 0 Å². The molecule has 0 aromatic rings. The average molecular weight is 185 g/mol. The summed E-state index contributed by atoms with van der Waals surface area (Å²) in [5, 5.41) is 0. The highest BCUT2D eigenvalue weighted by Crippen LogP contribution is 2.18. The van der Waals surface area contributed by atoms with Gasteiger partial charge in [-0.15, -0.1) is 0 Å². The van der Waals surface area contributed by atoms with E-state index in [0.717, 1.165) is 6.42 Å². The summed E-state index contributed by atoms with van der Waals surface area (Å²) in [6.07, 6.45) is 9.39. The highest BCUT2D eigenvalue weighted by molar-refractivity contribution is 9.11. The summed E-state index contributed by atoms with van der Waals surface area (Å²) in [5.41, 5.74) is 1.39. The van der Waals surface area contributed by atoms with E-state index in [1.54, 1.807) is 0 Å². The van der Waals surface area contributed by atoms with Crippen molar-refractivity contribution in [1.82, 2.24) is 0 Å². The van der Waals surface area contributed by atoms with Crippen molar-refractivity contribution >= 4 is 15.9 Å². The van der Waals surface area contributed by atoms with Crippen molar-refractivity contribution in [3.63, 3.8) is 0 Å². The van der Waals surface area contributed by atoms with E-state index in [1.807, 2.05) is 6.08 Å². The minimum Gasteiger partial charge on any atom is -0.0804 e. The fraction of sp³-hybridized carbons (Fsp3) is 0.250. The molecule has 1 heteroatoms. The van der Waals surface area contributed by atoms with Crippen LogP contribution in [0.5, 0.6) is 0 Å². The van der Waals surface area contributed by atoms with Gasteiger partial charge in [0, 0.05) is 4.48 Å². The van der Waals surface area contributed by atoms with E-state index in [2.05, 4.69) is 41.1 Å². The molecule has 0 spiro atoms. The lowest BCUT2D eigenvalue weighted by Gasteiger charge is -1.93. The van der Waals surface area contributed by atoms with Gasteiger partial charge in [0.15, 0.2) is 0 Å². The second-order valence-electron chi connectivity index (χ2n) is 2.12. The Bertz CT molecular complexity index is 185. The van der Waals surface area contributed by atoms with Crippen LogP contribution in [0, 0.1) is 0 Å². The van der Waals surface area contributed by atoms with Gasteiger partial charge in [-0.05, 0) is 19.4 Å². The van der Waals surface area contributed by atoms with Crippen molar-refractivity contribution < 1.29 is 0 Å². The quantitative estimate of drug-likeness (QED) is 0.543. The Morgan fingerprint density at radius 2 is 2.22 bits per heavy atom. The lowest BCUT2D eigenvalue weighted by atomic mass is 10.2. The van der Waals surface area contributed by atoms with Crippen LogP contribution in [0.1, 0.15) is 13.3 Å². The van der Waals surface area contributed by atoms with Crippen LogP contribution in [0.4, 0.5) is 0 Å². The van der Waals surface area contributed by atoms with Gasteiger partial charge in [0.2, 0.25) is 0 Å². The van der Waals surface area contributed by atoms with E-state index in [-0.39, 0.29) is 0 Å². The molecule has 0 radical (unpaired) electrons. The molecular weight excluding hydrogens is 176 g/mol. The Morgan fingerprint density at radius 1 is 1.44 bits per heavy atom. The molecule has 1 rings (SSSR count). The van der Waals surface area contributed by atoms with Crippen molar-refractivity contribution in [1.29, 1.82) is 0 Å². The maximum atomic E-state index is 3.46. The number of allylic oxidation sites excluding steroid dienone is 6. The van der Waals surface area contributed by atoms with E-state index in [0.29, 0.717) is 0 Å². The van der Waals surface area contributed by atoms with Gasteiger partial charge in [-0.2, -0.15) is 0 Å². The number of halogens is 1. The van der Waals surface area contributed by atoms with Gasteiger partial charge in [0.1, 0.15) is 0 Å². The largest absolute Gasteiger partial charge is 0.0804 e. The van der Waals surface area contributed by atoms with Gasteiger partial charge < -0.3 is 0 Å². The minimum absolute atomic E-state index is 1.06. The van der Waals surface area contributed by atoms with Gasteiger partial charge in [0.25, 0.3) is 0 Å². The first-order valence-electron chi connectivity index (χ1n) is 2.99. The summed E-state index contributed by atoms with van der Waals surface area (Å²) in [7, 11) is 0. The molecule has 0 amide bonds. The van der Waals surface area contributed by atoms with Gasteiger partial charge in [-0.1, -0.05) is 39.7 Å². The fourth-order valence-electron chi connectivity index (χ4n) is 0.703. The summed E-state index contributed by atoms with van der Waals surface area (Å²) in [4.78, 5) is 0. The molecule has 1 aliphatic rings. The summed E-state index contributed by atoms with van der Waals surface area (Å²) in [6.45, 7) is 2.13. The predicted molar refractivity (Wildman–Crippen MR) is 44.5 cm³/mol. The first-order chi connectivity index (χ1) is 4.30. The zero-order valence-corrected chi connectivity index (χ0v) is 6.98. The first-order valence-corrected chi connectivity index (χ1v) is 3.78. The Hall–Kier alpha value is -0.300. The fourth-order valence-corrected chi connectivity index (χ4v) is 1.02. The van der Waals surface area contributed by atoms with Crippen molar-refractivity contribution in [2.24, 2.45) is 0 Å². The van der Waals surface area contributed by atoms with Crippen LogP contribution in [0.25, 0.3) is 0 Å². The lowest BCUT2D eigenvalue weighted by Crippen LogP contribution is -1.72. The van der Waals surface area contributed by atoms with Crippen molar-refractivity contribution in [3.8, 4) is 0 Å². The molecule has 0 N–H and O–H groups in total. The van der Waals surface area contributed by atoms with Gasteiger partial charge >= 0.3 is 0 Å². The molecular formula is C8H9Br. The zero-order valence-electron chi connectivity index (χ0n) is 5.39. The second kappa shape index (κ2) is 3.02. The van der Waals surface area contributed by atoms with E-state index >= 15 is 0 Å². The number of hydrogen-bond acceptors (Lipinski definition) is 0. The van der Waals surface area contributed by atoms with Crippen LogP contribution in [0.3, 0.4) is 0 Å². The summed E-state index contributed by atoms with van der Waals surface area (Å²) >= 11 is 3.46. The zero-order chi connectivity index (χ0) is 6.69. The molecule has 0 aliphatic heterocycles. The average Bonchev–Trinajstić information content (AvgIpc) is 1.99. The Kier molecular flexibility index (Phi) is 2.29. The van der Waals surface area contributed by atoms with Gasteiger partial charge in [-0.3, -0.25) is 0 Å². The standard InChI is InChI=1S/C8H9Br/c1-7-5-3-2-4-6-8(7)9/h2-4,6H,5H2,1H3. The normalized spacial score (nSPS) is 18.4. The van der Waals surface area contributed by atoms with Gasteiger partial charge in [-0.25, -0.2) is 0 Å². The molecule has 0 saturated heterocycles. The van der Waals surface area contributed by atoms with Crippen LogP contribution in [-0.4, -0.2) is 0 Å². The minimum atomic E-state index is 1.06. The van der Waals surface area contributed by atoms with Crippen LogP contribution in [0.2, 0.25) is 0 Å². The molecule has 0 unspecified atom stereocenters. The summed E-state index contributed by atoms with van der Waals surface area (Å²) in [6, 6.07) is 0. The van der Waals surface area contributed by atoms with E-state index in [9.17, 15) is 0 Å². The van der Waals surface area contributed by atoms with Crippen molar-refractivity contribution in [2.45, 2.75) is 13.3 Å². The SMILES string of the molecule is CC1=C(Br)C=CC=CC1. The molecule has 1 aliphatic carbocycles. The monoisotopic (exact) mass is 184 g/mol.